The van der Waals surface area contributed by atoms with Crippen LogP contribution in [0.25, 0.3) is 0 Å². The molecule has 3 heteroatoms. The van der Waals surface area contributed by atoms with Crippen LogP contribution in [-0.2, 0) is 9.53 Å². The van der Waals surface area contributed by atoms with Crippen molar-refractivity contribution in [1.29, 1.82) is 0 Å². The number of hydrogen-bond donors (Lipinski definition) is 0. The highest BCUT2D eigenvalue weighted by Crippen LogP contribution is 2.32. The topological polar surface area (TPSA) is 29.5 Å². The minimum Gasteiger partial charge on any atom is -0.378 e. The predicted octanol–water partition coefficient (Wildman–Crippen LogP) is 2.49. The summed E-state index contributed by atoms with van der Waals surface area (Å²) in [4.78, 5) is 14.8. The highest BCUT2D eigenvalue weighted by Gasteiger charge is 2.39. The summed E-state index contributed by atoms with van der Waals surface area (Å²) in [5.74, 6) is 1.39. The van der Waals surface area contributed by atoms with Crippen molar-refractivity contribution in [3.8, 4) is 0 Å². The molecule has 2 rings (SSSR count). The first-order valence-corrected chi connectivity index (χ1v) is 7.48. The third-order valence-corrected chi connectivity index (χ3v) is 4.99. The van der Waals surface area contributed by atoms with E-state index in [1.807, 2.05) is 0 Å². The third kappa shape index (κ3) is 2.94. The van der Waals surface area contributed by atoms with Gasteiger partial charge in [0.2, 0.25) is 0 Å². The van der Waals surface area contributed by atoms with Crippen LogP contribution in [0, 0.1) is 11.8 Å². The van der Waals surface area contributed by atoms with Gasteiger partial charge in [0.05, 0.1) is 13.2 Å². The maximum absolute atomic E-state index is 12.4. The van der Waals surface area contributed by atoms with Gasteiger partial charge >= 0.3 is 0 Å². The SMILES string of the molecule is CCC(CC)CC(=O)C1CC2COCC(C1)N2C. The number of rotatable bonds is 5. The van der Waals surface area contributed by atoms with Crippen molar-refractivity contribution in [2.24, 2.45) is 11.8 Å². The molecule has 0 aromatic rings. The number of hydrogen-bond acceptors (Lipinski definition) is 3. The van der Waals surface area contributed by atoms with E-state index in [1.165, 1.54) is 0 Å². The molecule has 0 saturated carbocycles. The van der Waals surface area contributed by atoms with E-state index >= 15 is 0 Å². The quantitative estimate of drug-likeness (QED) is 0.754. The van der Waals surface area contributed by atoms with Gasteiger partial charge in [-0.1, -0.05) is 26.7 Å². The predicted molar refractivity (Wildman–Crippen MR) is 72.6 cm³/mol. The van der Waals surface area contributed by atoms with Gasteiger partial charge in [-0.15, -0.1) is 0 Å². The van der Waals surface area contributed by atoms with Crippen molar-refractivity contribution in [3.05, 3.63) is 0 Å². The summed E-state index contributed by atoms with van der Waals surface area (Å²) in [5, 5.41) is 0. The molecule has 0 spiro atoms. The molecule has 2 unspecified atom stereocenters. The van der Waals surface area contributed by atoms with Crippen molar-refractivity contribution in [2.75, 3.05) is 20.3 Å². The van der Waals surface area contributed by atoms with Crippen molar-refractivity contribution in [3.63, 3.8) is 0 Å². The summed E-state index contributed by atoms with van der Waals surface area (Å²) in [6.45, 7) is 6.00. The smallest absolute Gasteiger partial charge is 0.136 e. The summed E-state index contributed by atoms with van der Waals surface area (Å²) < 4.78 is 5.61. The van der Waals surface area contributed by atoms with Crippen molar-refractivity contribution >= 4 is 5.78 Å². The molecule has 2 aliphatic rings. The van der Waals surface area contributed by atoms with Crippen LogP contribution in [0.2, 0.25) is 0 Å². The number of ether oxygens (including phenoxy) is 1. The van der Waals surface area contributed by atoms with Crippen molar-refractivity contribution in [2.45, 2.75) is 58.0 Å². The summed E-state index contributed by atoms with van der Waals surface area (Å²) in [6.07, 6.45) is 5.06. The summed E-state index contributed by atoms with van der Waals surface area (Å²) in [5.41, 5.74) is 0. The Morgan fingerprint density at radius 3 is 2.28 bits per heavy atom. The van der Waals surface area contributed by atoms with Gasteiger partial charge in [-0.2, -0.15) is 0 Å². The molecule has 104 valence electrons. The molecule has 0 aliphatic carbocycles. The maximum Gasteiger partial charge on any atom is 0.136 e. The first-order valence-electron chi connectivity index (χ1n) is 7.48. The number of likely N-dealkylation sites (N-methyl/N-ethyl adjacent to an activating group) is 1. The lowest BCUT2D eigenvalue weighted by Crippen LogP contribution is -2.55. The molecule has 0 radical (unpaired) electrons. The first-order chi connectivity index (χ1) is 8.65. The molecule has 2 saturated heterocycles. The third-order valence-electron chi connectivity index (χ3n) is 4.99. The van der Waals surface area contributed by atoms with Crippen LogP contribution < -0.4 is 0 Å². The van der Waals surface area contributed by atoms with Crippen molar-refractivity contribution in [1.82, 2.24) is 4.90 Å². The standard InChI is InChI=1S/C15H27NO2/c1-4-11(5-2)6-15(17)12-7-13-9-18-10-14(8-12)16(13)3/h11-14H,4-10H2,1-3H3. The molecule has 2 heterocycles. The molecule has 0 aromatic carbocycles. The second kappa shape index (κ2) is 6.16. The Morgan fingerprint density at radius 1 is 1.22 bits per heavy atom. The second-order valence-electron chi connectivity index (χ2n) is 6.03. The number of morpholine rings is 1. The fourth-order valence-corrected chi connectivity index (χ4v) is 3.39. The van der Waals surface area contributed by atoms with E-state index in [9.17, 15) is 4.79 Å². The zero-order valence-electron chi connectivity index (χ0n) is 12.0. The number of ketones is 1. The van der Waals surface area contributed by atoms with Crippen LogP contribution in [0.4, 0.5) is 0 Å². The van der Waals surface area contributed by atoms with E-state index < -0.39 is 0 Å². The van der Waals surface area contributed by atoms with E-state index in [0.717, 1.165) is 45.3 Å². The zero-order valence-corrected chi connectivity index (χ0v) is 12.0. The monoisotopic (exact) mass is 253 g/mol. The molecule has 2 aliphatic heterocycles. The van der Waals surface area contributed by atoms with E-state index in [2.05, 4.69) is 25.8 Å². The Hall–Kier alpha value is -0.410. The van der Waals surface area contributed by atoms with E-state index in [1.54, 1.807) is 0 Å². The van der Waals surface area contributed by atoms with E-state index in [0.29, 0.717) is 29.7 Å². The van der Waals surface area contributed by atoms with Crippen LogP contribution in [0.3, 0.4) is 0 Å². The minimum absolute atomic E-state index is 0.292. The van der Waals surface area contributed by atoms with Crippen LogP contribution in [0.5, 0.6) is 0 Å². The van der Waals surface area contributed by atoms with Gasteiger partial charge in [0.1, 0.15) is 5.78 Å². The normalized spacial score (nSPS) is 32.8. The molecular formula is C15H27NO2. The highest BCUT2D eigenvalue weighted by atomic mass is 16.5. The Labute approximate surface area is 111 Å². The molecular weight excluding hydrogens is 226 g/mol. The molecule has 0 N–H and O–H groups in total. The number of Topliss-reactive ketones (excluding diaryl/α,β-unsaturated/α-hetero) is 1. The van der Waals surface area contributed by atoms with Gasteiger partial charge in [0.25, 0.3) is 0 Å². The van der Waals surface area contributed by atoms with Gasteiger partial charge < -0.3 is 4.74 Å². The summed E-state index contributed by atoms with van der Waals surface area (Å²) >= 11 is 0. The summed E-state index contributed by atoms with van der Waals surface area (Å²) in [7, 11) is 2.18. The molecule has 3 nitrogen and oxygen atoms in total. The highest BCUT2D eigenvalue weighted by molar-refractivity contribution is 5.81. The van der Waals surface area contributed by atoms with Gasteiger partial charge in [-0.25, -0.2) is 0 Å². The lowest BCUT2D eigenvalue weighted by atomic mass is 9.80. The van der Waals surface area contributed by atoms with Crippen LogP contribution in [-0.4, -0.2) is 43.0 Å². The van der Waals surface area contributed by atoms with Crippen molar-refractivity contribution < 1.29 is 9.53 Å². The average molecular weight is 253 g/mol. The summed E-state index contributed by atoms with van der Waals surface area (Å²) in [6, 6.07) is 0.932. The lowest BCUT2D eigenvalue weighted by molar-refractivity contribution is -0.132. The lowest BCUT2D eigenvalue weighted by Gasteiger charge is -2.46. The van der Waals surface area contributed by atoms with Gasteiger partial charge in [-0.3, -0.25) is 9.69 Å². The first kappa shape index (κ1) is 14.0. The zero-order chi connectivity index (χ0) is 13.1. The maximum atomic E-state index is 12.4. The minimum atomic E-state index is 0.292. The second-order valence-corrected chi connectivity index (χ2v) is 6.03. The fraction of sp³-hybridized carbons (Fsp3) is 0.933. The number of piperidine rings is 1. The fourth-order valence-electron chi connectivity index (χ4n) is 3.39. The molecule has 18 heavy (non-hydrogen) atoms. The molecule has 0 aromatic heterocycles. The van der Waals surface area contributed by atoms with Crippen LogP contribution >= 0.6 is 0 Å². The van der Waals surface area contributed by atoms with Gasteiger partial charge in [-0.05, 0) is 25.8 Å². The molecule has 2 fully saturated rings. The number of fused-ring (bicyclic) bond motifs is 2. The van der Waals surface area contributed by atoms with E-state index in [-0.39, 0.29) is 0 Å². The van der Waals surface area contributed by atoms with Gasteiger partial charge in [0, 0.05) is 24.4 Å². The largest absolute Gasteiger partial charge is 0.378 e. The number of carbonyl (C=O) groups is 1. The number of nitrogens with zero attached hydrogens (tertiary/aromatic N) is 1. The van der Waals surface area contributed by atoms with Crippen LogP contribution in [0.1, 0.15) is 46.0 Å². The number of carbonyl (C=O) groups excluding carboxylic acids is 1. The molecule has 0 amide bonds. The Morgan fingerprint density at radius 2 is 1.78 bits per heavy atom. The molecule has 2 atom stereocenters. The van der Waals surface area contributed by atoms with E-state index in [4.69, 9.17) is 4.74 Å². The van der Waals surface area contributed by atoms with Crippen LogP contribution in [0.15, 0.2) is 0 Å². The Bertz CT molecular complexity index is 274. The van der Waals surface area contributed by atoms with Gasteiger partial charge in [0.15, 0.2) is 0 Å². The molecule has 2 bridgehead atoms. The Kier molecular flexibility index (Phi) is 4.79. The Balaban J connectivity index is 1.92. The average Bonchev–Trinajstić information content (AvgIpc) is 2.35.